The van der Waals surface area contributed by atoms with Crippen LogP contribution in [0, 0.1) is 12.3 Å². The molecule has 0 heterocycles. The van der Waals surface area contributed by atoms with Gasteiger partial charge in [-0.2, -0.15) is 0 Å². The maximum absolute atomic E-state index is 12.0. The van der Waals surface area contributed by atoms with Gasteiger partial charge in [0, 0.05) is 6.42 Å². The van der Waals surface area contributed by atoms with E-state index in [-0.39, 0.29) is 13.0 Å². The second kappa shape index (κ2) is 9.74. The fraction of sp³-hybridized carbons (Fsp3) is 0.200. The van der Waals surface area contributed by atoms with E-state index in [9.17, 15) is 9.59 Å². The van der Waals surface area contributed by atoms with Crippen LogP contribution < -0.4 is 15.4 Å². The number of amides is 2. The molecule has 0 unspecified atom stereocenters. The average molecular weight is 352 g/mol. The van der Waals surface area contributed by atoms with Crippen LogP contribution in [0.5, 0.6) is 5.75 Å². The minimum Gasteiger partial charge on any atom is -0.489 e. The molecule has 1 atom stereocenters. The van der Waals surface area contributed by atoms with Gasteiger partial charge in [-0.15, -0.1) is 6.42 Å². The Morgan fingerprint density at radius 1 is 1.08 bits per heavy atom. The van der Waals surface area contributed by atoms with Crippen LogP contribution in [0.2, 0.25) is 0 Å². The molecule has 0 aliphatic carbocycles. The van der Waals surface area contributed by atoms with E-state index >= 15 is 0 Å². The molecule has 2 aromatic rings. The van der Waals surface area contributed by atoms with Gasteiger partial charge in [0.1, 0.15) is 18.4 Å². The zero-order valence-electron chi connectivity index (χ0n) is 14.1. The number of hydrogen-bond donors (Lipinski definition) is 3. The Bertz CT molecular complexity index is 767. The van der Waals surface area contributed by atoms with E-state index in [0.29, 0.717) is 12.4 Å². The second-order valence-electron chi connectivity index (χ2n) is 5.55. The highest BCUT2D eigenvalue weighted by molar-refractivity contribution is 5.85. The van der Waals surface area contributed by atoms with Crippen LogP contribution in [0.3, 0.4) is 0 Å². The number of carbonyl (C=O) groups is 2. The molecule has 0 fully saturated rings. The van der Waals surface area contributed by atoms with Gasteiger partial charge in [0.05, 0.1) is 6.54 Å². The van der Waals surface area contributed by atoms with Crippen LogP contribution in [0.1, 0.15) is 11.1 Å². The summed E-state index contributed by atoms with van der Waals surface area (Å²) in [5.74, 6) is 2.51. The first-order chi connectivity index (χ1) is 12.6. The first kappa shape index (κ1) is 18.9. The standard InChI is InChI=1S/C20H20N2O4/c1-2-12-21-19(23)18(22-20(24)25)13-15-8-10-17(11-9-15)26-14-16-6-4-3-5-7-16/h1,3-11,18,22H,12-14H2,(H,21,23)(H,24,25)/t18-/m0/s1. The van der Waals surface area contributed by atoms with Crippen LogP contribution in [0.25, 0.3) is 0 Å². The number of benzene rings is 2. The maximum Gasteiger partial charge on any atom is 0.405 e. The lowest BCUT2D eigenvalue weighted by molar-refractivity contribution is -0.122. The molecule has 6 heteroatoms. The smallest absolute Gasteiger partial charge is 0.405 e. The van der Waals surface area contributed by atoms with Crippen molar-refractivity contribution < 1.29 is 19.4 Å². The molecule has 0 radical (unpaired) electrons. The third kappa shape index (κ3) is 6.21. The van der Waals surface area contributed by atoms with E-state index in [1.54, 1.807) is 24.3 Å². The Kier molecular flexibility index (Phi) is 7.07. The number of carbonyl (C=O) groups excluding carboxylic acids is 1. The van der Waals surface area contributed by atoms with Gasteiger partial charge >= 0.3 is 6.09 Å². The zero-order chi connectivity index (χ0) is 18.8. The van der Waals surface area contributed by atoms with Crippen LogP contribution in [-0.2, 0) is 17.8 Å². The van der Waals surface area contributed by atoms with Gasteiger partial charge < -0.3 is 20.5 Å². The second-order valence-corrected chi connectivity index (χ2v) is 5.55. The monoisotopic (exact) mass is 352 g/mol. The number of carboxylic acid groups (broad SMARTS) is 1. The highest BCUT2D eigenvalue weighted by atomic mass is 16.5. The molecule has 6 nitrogen and oxygen atoms in total. The molecule has 3 N–H and O–H groups in total. The van der Waals surface area contributed by atoms with Crippen molar-refractivity contribution in [3.63, 3.8) is 0 Å². The Morgan fingerprint density at radius 3 is 2.38 bits per heavy atom. The van der Waals surface area contributed by atoms with Gasteiger partial charge in [0.2, 0.25) is 5.91 Å². The summed E-state index contributed by atoms with van der Waals surface area (Å²) in [6.45, 7) is 0.501. The number of nitrogens with one attached hydrogen (secondary N) is 2. The molecule has 0 bridgehead atoms. The van der Waals surface area contributed by atoms with Crippen molar-refractivity contribution in [2.24, 2.45) is 0 Å². The number of rotatable bonds is 8. The molecule has 0 aliphatic rings. The molecule has 26 heavy (non-hydrogen) atoms. The molecule has 0 saturated heterocycles. The number of terminal acetylenes is 1. The van der Waals surface area contributed by atoms with Crippen molar-refractivity contribution in [2.75, 3.05) is 6.54 Å². The fourth-order valence-corrected chi connectivity index (χ4v) is 2.32. The summed E-state index contributed by atoms with van der Waals surface area (Å²) in [6.07, 6.45) is 4.04. The first-order valence-corrected chi connectivity index (χ1v) is 8.05. The van der Waals surface area contributed by atoms with Gasteiger partial charge in [0.15, 0.2) is 0 Å². The summed E-state index contributed by atoms with van der Waals surface area (Å²) in [5.41, 5.74) is 1.86. The van der Waals surface area contributed by atoms with Crippen molar-refractivity contribution >= 4 is 12.0 Å². The largest absolute Gasteiger partial charge is 0.489 e. The van der Waals surface area contributed by atoms with Gasteiger partial charge in [-0.3, -0.25) is 4.79 Å². The van der Waals surface area contributed by atoms with Crippen LogP contribution >= 0.6 is 0 Å². The lowest BCUT2D eigenvalue weighted by Gasteiger charge is -2.16. The molecule has 0 aromatic heterocycles. The van der Waals surface area contributed by atoms with Crippen molar-refractivity contribution in [1.29, 1.82) is 0 Å². The topological polar surface area (TPSA) is 87.7 Å². The van der Waals surface area contributed by atoms with E-state index < -0.39 is 18.0 Å². The summed E-state index contributed by atoms with van der Waals surface area (Å²) < 4.78 is 5.71. The van der Waals surface area contributed by atoms with Gasteiger partial charge in [-0.25, -0.2) is 4.79 Å². The lowest BCUT2D eigenvalue weighted by atomic mass is 10.1. The minimum absolute atomic E-state index is 0.0445. The minimum atomic E-state index is -1.27. The van der Waals surface area contributed by atoms with Crippen LogP contribution in [0.4, 0.5) is 4.79 Å². The molecule has 2 amide bonds. The van der Waals surface area contributed by atoms with Crippen molar-refractivity contribution in [1.82, 2.24) is 10.6 Å². The highest BCUT2D eigenvalue weighted by Crippen LogP contribution is 2.15. The summed E-state index contributed by atoms with van der Waals surface area (Å²) >= 11 is 0. The quantitative estimate of drug-likeness (QED) is 0.636. The Hall–Kier alpha value is -3.46. The zero-order valence-corrected chi connectivity index (χ0v) is 14.1. The van der Waals surface area contributed by atoms with Gasteiger partial charge in [-0.1, -0.05) is 48.4 Å². The van der Waals surface area contributed by atoms with E-state index in [4.69, 9.17) is 16.3 Å². The lowest BCUT2D eigenvalue weighted by Crippen LogP contribution is -2.47. The highest BCUT2D eigenvalue weighted by Gasteiger charge is 2.20. The van der Waals surface area contributed by atoms with Crippen molar-refractivity contribution in [2.45, 2.75) is 19.1 Å². The molecule has 134 valence electrons. The molecule has 0 spiro atoms. The third-order valence-corrected chi connectivity index (χ3v) is 3.59. The average Bonchev–Trinajstić information content (AvgIpc) is 2.65. The Balaban J connectivity index is 1.95. The maximum atomic E-state index is 12.0. The predicted molar refractivity (Wildman–Crippen MR) is 97.7 cm³/mol. The Labute approximate surface area is 152 Å². The Morgan fingerprint density at radius 2 is 1.77 bits per heavy atom. The summed E-state index contributed by atoms with van der Waals surface area (Å²) in [6, 6.07) is 16.0. The summed E-state index contributed by atoms with van der Waals surface area (Å²) in [7, 11) is 0. The predicted octanol–water partition coefficient (Wildman–Crippen LogP) is 2.19. The normalized spacial score (nSPS) is 11.0. The third-order valence-electron chi connectivity index (χ3n) is 3.59. The molecule has 0 saturated carbocycles. The molecule has 2 aromatic carbocycles. The van der Waals surface area contributed by atoms with E-state index in [0.717, 1.165) is 11.1 Å². The fourth-order valence-electron chi connectivity index (χ4n) is 2.32. The van der Waals surface area contributed by atoms with E-state index in [1.165, 1.54) is 0 Å². The van der Waals surface area contributed by atoms with Gasteiger partial charge in [0.25, 0.3) is 0 Å². The molecule has 2 rings (SSSR count). The van der Waals surface area contributed by atoms with Crippen LogP contribution in [-0.4, -0.2) is 29.7 Å². The summed E-state index contributed by atoms with van der Waals surface area (Å²) in [5, 5.41) is 13.6. The first-order valence-electron chi connectivity index (χ1n) is 8.05. The van der Waals surface area contributed by atoms with Crippen LogP contribution in [0.15, 0.2) is 54.6 Å². The summed E-state index contributed by atoms with van der Waals surface area (Å²) in [4.78, 5) is 22.9. The van der Waals surface area contributed by atoms with Crippen molar-refractivity contribution in [3.8, 4) is 18.1 Å². The van der Waals surface area contributed by atoms with Crippen molar-refractivity contribution in [3.05, 3.63) is 65.7 Å². The molecular weight excluding hydrogens is 332 g/mol. The molecular formula is C20H20N2O4. The number of hydrogen-bond acceptors (Lipinski definition) is 3. The SMILES string of the molecule is C#CCNC(=O)[C@H](Cc1ccc(OCc2ccccc2)cc1)NC(=O)O. The van der Waals surface area contributed by atoms with Gasteiger partial charge in [-0.05, 0) is 23.3 Å². The van der Waals surface area contributed by atoms with E-state index in [1.807, 2.05) is 30.3 Å². The molecule has 0 aliphatic heterocycles. The number of ether oxygens (including phenoxy) is 1. The van der Waals surface area contributed by atoms with E-state index in [2.05, 4.69) is 16.6 Å².